The fraction of sp³-hybridized carbons (Fsp3) is 0.538. The summed E-state index contributed by atoms with van der Waals surface area (Å²) in [5, 5.41) is 3.37. The van der Waals surface area contributed by atoms with Gasteiger partial charge in [-0.3, -0.25) is 4.90 Å². The standard InChI is InChI=1S/C13H21N3O/c1-17-15-10-12-2-4-13(5-3-12)11-16-8-6-14-7-9-16/h2-5,14-15H,6-11H2,1H3. The molecule has 1 aliphatic heterocycles. The van der Waals surface area contributed by atoms with E-state index in [9.17, 15) is 0 Å². The van der Waals surface area contributed by atoms with E-state index in [0.717, 1.165) is 39.3 Å². The summed E-state index contributed by atoms with van der Waals surface area (Å²) in [7, 11) is 1.64. The van der Waals surface area contributed by atoms with Crippen molar-refractivity contribution in [3.63, 3.8) is 0 Å². The molecule has 0 saturated carbocycles. The maximum absolute atomic E-state index is 4.83. The quantitative estimate of drug-likeness (QED) is 0.738. The van der Waals surface area contributed by atoms with E-state index < -0.39 is 0 Å². The van der Waals surface area contributed by atoms with Crippen LogP contribution in [0.5, 0.6) is 0 Å². The molecule has 0 aliphatic carbocycles. The largest absolute Gasteiger partial charge is 0.314 e. The first-order chi connectivity index (χ1) is 8.38. The third-order valence-corrected chi connectivity index (χ3v) is 3.06. The SMILES string of the molecule is CONCc1ccc(CN2CCNCC2)cc1. The molecule has 1 aliphatic rings. The van der Waals surface area contributed by atoms with Gasteiger partial charge in [0.15, 0.2) is 0 Å². The van der Waals surface area contributed by atoms with Crippen molar-refractivity contribution in [2.75, 3.05) is 33.3 Å². The average molecular weight is 235 g/mol. The molecule has 0 radical (unpaired) electrons. The number of piperazine rings is 1. The highest BCUT2D eigenvalue weighted by molar-refractivity contribution is 5.22. The molecule has 4 nitrogen and oxygen atoms in total. The predicted molar refractivity (Wildman–Crippen MR) is 68.4 cm³/mol. The zero-order valence-electron chi connectivity index (χ0n) is 10.4. The van der Waals surface area contributed by atoms with E-state index in [1.54, 1.807) is 7.11 Å². The van der Waals surface area contributed by atoms with Crippen molar-refractivity contribution in [1.29, 1.82) is 0 Å². The van der Waals surface area contributed by atoms with Crippen molar-refractivity contribution in [2.24, 2.45) is 0 Å². The summed E-state index contributed by atoms with van der Waals surface area (Å²) in [5.41, 5.74) is 5.48. The molecule has 0 aromatic heterocycles. The first-order valence-corrected chi connectivity index (χ1v) is 6.15. The molecule has 0 spiro atoms. The van der Waals surface area contributed by atoms with E-state index in [4.69, 9.17) is 4.84 Å². The Morgan fingerprint density at radius 2 is 1.82 bits per heavy atom. The lowest BCUT2D eigenvalue weighted by atomic mass is 10.1. The molecule has 0 amide bonds. The summed E-state index contributed by atoms with van der Waals surface area (Å²) in [6, 6.07) is 8.72. The molecular formula is C13H21N3O. The van der Waals surface area contributed by atoms with Crippen molar-refractivity contribution in [3.8, 4) is 0 Å². The zero-order chi connectivity index (χ0) is 11.9. The summed E-state index contributed by atoms with van der Waals surface area (Å²) in [6.45, 7) is 6.32. The number of hydrogen-bond donors (Lipinski definition) is 2. The summed E-state index contributed by atoms with van der Waals surface area (Å²) >= 11 is 0. The molecular weight excluding hydrogens is 214 g/mol. The summed E-state index contributed by atoms with van der Waals surface area (Å²) in [4.78, 5) is 7.32. The molecule has 1 aromatic carbocycles. The predicted octanol–water partition coefficient (Wildman–Crippen LogP) is 0.743. The first kappa shape index (κ1) is 12.5. The second-order valence-corrected chi connectivity index (χ2v) is 4.37. The molecule has 1 heterocycles. The normalized spacial score (nSPS) is 17.2. The molecule has 94 valence electrons. The van der Waals surface area contributed by atoms with Gasteiger partial charge in [0.2, 0.25) is 0 Å². The Morgan fingerprint density at radius 1 is 1.18 bits per heavy atom. The molecule has 1 saturated heterocycles. The Hall–Kier alpha value is -0.940. The van der Waals surface area contributed by atoms with Gasteiger partial charge in [-0.1, -0.05) is 24.3 Å². The van der Waals surface area contributed by atoms with Gasteiger partial charge in [0.05, 0.1) is 7.11 Å². The topological polar surface area (TPSA) is 36.5 Å². The van der Waals surface area contributed by atoms with Gasteiger partial charge in [-0.15, -0.1) is 0 Å². The highest BCUT2D eigenvalue weighted by Gasteiger charge is 2.09. The second kappa shape index (κ2) is 6.71. The number of nitrogens with zero attached hydrogens (tertiary/aromatic N) is 1. The summed E-state index contributed by atoms with van der Waals surface area (Å²) in [6.07, 6.45) is 0. The highest BCUT2D eigenvalue weighted by atomic mass is 16.6. The molecule has 1 fully saturated rings. The van der Waals surface area contributed by atoms with E-state index in [1.165, 1.54) is 11.1 Å². The Kier molecular flexibility index (Phi) is 4.94. The van der Waals surface area contributed by atoms with Crippen LogP contribution >= 0.6 is 0 Å². The number of rotatable bonds is 5. The van der Waals surface area contributed by atoms with Gasteiger partial charge in [-0.2, -0.15) is 5.48 Å². The number of nitrogens with one attached hydrogen (secondary N) is 2. The molecule has 0 unspecified atom stereocenters. The van der Waals surface area contributed by atoms with Crippen molar-refractivity contribution < 1.29 is 4.84 Å². The van der Waals surface area contributed by atoms with Gasteiger partial charge >= 0.3 is 0 Å². The van der Waals surface area contributed by atoms with Crippen LogP contribution < -0.4 is 10.8 Å². The monoisotopic (exact) mass is 235 g/mol. The van der Waals surface area contributed by atoms with E-state index in [1.807, 2.05) is 0 Å². The van der Waals surface area contributed by atoms with Crippen LogP contribution in [-0.4, -0.2) is 38.2 Å². The zero-order valence-corrected chi connectivity index (χ0v) is 10.4. The van der Waals surface area contributed by atoms with Crippen LogP contribution in [0.2, 0.25) is 0 Å². The minimum absolute atomic E-state index is 0.754. The average Bonchev–Trinajstić information content (AvgIpc) is 2.39. The maximum Gasteiger partial charge on any atom is 0.0572 e. The number of benzene rings is 1. The van der Waals surface area contributed by atoms with E-state index in [-0.39, 0.29) is 0 Å². The molecule has 4 heteroatoms. The van der Waals surface area contributed by atoms with Gasteiger partial charge in [0.25, 0.3) is 0 Å². The minimum atomic E-state index is 0.754. The maximum atomic E-state index is 4.83. The lowest BCUT2D eigenvalue weighted by molar-refractivity contribution is 0.0867. The van der Waals surface area contributed by atoms with Crippen LogP contribution in [0, 0.1) is 0 Å². The summed E-state index contributed by atoms with van der Waals surface area (Å²) in [5.74, 6) is 0. The summed E-state index contributed by atoms with van der Waals surface area (Å²) < 4.78 is 0. The van der Waals surface area contributed by atoms with E-state index in [2.05, 4.69) is 40.0 Å². The fourth-order valence-electron chi connectivity index (χ4n) is 2.05. The Balaban J connectivity index is 1.84. The fourth-order valence-corrected chi connectivity index (χ4v) is 2.05. The smallest absolute Gasteiger partial charge is 0.0572 e. The molecule has 0 atom stereocenters. The minimum Gasteiger partial charge on any atom is -0.314 e. The Bertz CT molecular complexity index is 320. The number of hydroxylamine groups is 1. The van der Waals surface area contributed by atoms with Crippen molar-refractivity contribution in [2.45, 2.75) is 13.1 Å². The van der Waals surface area contributed by atoms with Gasteiger partial charge in [-0.05, 0) is 11.1 Å². The first-order valence-electron chi connectivity index (χ1n) is 6.15. The van der Waals surface area contributed by atoms with Crippen molar-refractivity contribution >= 4 is 0 Å². The van der Waals surface area contributed by atoms with Crippen LogP contribution in [0.1, 0.15) is 11.1 Å². The van der Waals surface area contributed by atoms with Gasteiger partial charge in [-0.25, -0.2) is 0 Å². The van der Waals surface area contributed by atoms with Gasteiger partial charge in [0, 0.05) is 39.3 Å². The second-order valence-electron chi connectivity index (χ2n) is 4.37. The van der Waals surface area contributed by atoms with Crippen LogP contribution in [0.15, 0.2) is 24.3 Å². The van der Waals surface area contributed by atoms with Crippen LogP contribution in [0.3, 0.4) is 0 Å². The number of hydrogen-bond acceptors (Lipinski definition) is 4. The Morgan fingerprint density at radius 3 is 2.47 bits per heavy atom. The molecule has 1 aromatic rings. The van der Waals surface area contributed by atoms with E-state index in [0.29, 0.717) is 0 Å². The lowest BCUT2D eigenvalue weighted by Gasteiger charge is -2.27. The molecule has 2 rings (SSSR count). The lowest BCUT2D eigenvalue weighted by Crippen LogP contribution is -2.42. The van der Waals surface area contributed by atoms with Crippen LogP contribution in [0.4, 0.5) is 0 Å². The third kappa shape index (κ3) is 4.09. The van der Waals surface area contributed by atoms with Crippen molar-refractivity contribution in [3.05, 3.63) is 35.4 Å². The van der Waals surface area contributed by atoms with Gasteiger partial charge < -0.3 is 10.2 Å². The molecule has 0 bridgehead atoms. The molecule has 17 heavy (non-hydrogen) atoms. The van der Waals surface area contributed by atoms with Crippen LogP contribution in [0.25, 0.3) is 0 Å². The van der Waals surface area contributed by atoms with Gasteiger partial charge in [0.1, 0.15) is 0 Å². The Labute approximate surface area is 103 Å². The van der Waals surface area contributed by atoms with Crippen molar-refractivity contribution in [1.82, 2.24) is 15.7 Å². The molecule has 2 N–H and O–H groups in total. The third-order valence-electron chi connectivity index (χ3n) is 3.06. The van der Waals surface area contributed by atoms with E-state index >= 15 is 0 Å². The highest BCUT2D eigenvalue weighted by Crippen LogP contribution is 2.08. The van der Waals surface area contributed by atoms with Crippen LogP contribution in [-0.2, 0) is 17.9 Å².